The zero-order valence-electron chi connectivity index (χ0n) is 16.2. The zero-order chi connectivity index (χ0) is 20.1. The van der Waals surface area contributed by atoms with E-state index in [1.807, 2.05) is 53.4 Å². The number of nitrogens with zero attached hydrogens (tertiary/aromatic N) is 5. The first kappa shape index (κ1) is 18.7. The Morgan fingerprint density at radius 2 is 1.83 bits per heavy atom. The van der Waals surface area contributed by atoms with Crippen LogP contribution in [0.3, 0.4) is 0 Å². The molecule has 0 spiro atoms. The molecule has 1 aromatic carbocycles. The number of amides is 1. The maximum atomic E-state index is 12.7. The van der Waals surface area contributed by atoms with Crippen LogP contribution in [0.25, 0.3) is 0 Å². The molecule has 8 heteroatoms. The number of carbonyl (C=O) groups excluding carboxylic acids is 1. The van der Waals surface area contributed by atoms with Crippen molar-refractivity contribution in [3.63, 3.8) is 0 Å². The summed E-state index contributed by atoms with van der Waals surface area (Å²) in [5.41, 5.74) is 0.641. The van der Waals surface area contributed by atoms with E-state index in [1.165, 1.54) is 0 Å². The Balaban J connectivity index is 1.35. The normalized spacial score (nSPS) is 13.8. The molecule has 0 atom stereocenters. The summed E-state index contributed by atoms with van der Waals surface area (Å²) in [5.74, 6) is 2.86. The topological polar surface area (TPSA) is 83.5 Å². The minimum Gasteiger partial charge on any atom is -0.497 e. The molecule has 1 amide bonds. The number of ether oxygens (including phenoxy) is 1. The minimum absolute atomic E-state index is 0.0181. The van der Waals surface area contributed by atoms with E-state index in [4.69, 9.17) is 4.74 Å². The molecule has 0 bridgehead atoms. The molecule has 1 saturated heterocycles. The van der Waals surface area contributed by atoms with Crippen LogP contribution in [0.1, 0.15) is 10.4 Å². The summed E-state index contributed by atoms with van der Waals surface area (Å²) >= 11 is 0. The van der Waals surface area contributed by atoms with Crippen molar-refractivity contribution in [3.8, 4) is 5.75 Å². The number of piperazine rings is 1. The van der Waals surface area contributed by atoms with Gasteiger partial charge >= 0.3 is 0 Å². The van der Waals surface area contributed by atoms with Gasteiger partial charge in [0, 0.05) is 37.9 Å². The summed E-state index contributed by atoms with van der Waals surface area (Å²) in [6, 6.07) is 16.7. The molecule has 1 aliphatic heterocycles. The summed E-state index contributed by atoms with van der Waals surface area (Å²) in [6.07, 6.45) is 1.72. The van der Waals surface area contributed by atoms with Crippen LogP contribution in [0, 0.1) is 0 Å². The van der Waals surface area contributed by atoms with Crippen molar-refractivity contribution in [3.05, 3.63) is 66.4 Å². The molecular weight excluding hydrogens is 368 g/mol. The van der Waals surface area contributed by atoms with Gasteiger partial charge in [-0.25, -0.2) is 4.98 Å². The lowest BCUT2D eigenvalue weighted by atomic mass is 10.1. The number of aromatic nitrogens is 3. The standard InChI is InChI=1S/C21H22N6O2/c1-29-17-6-4-5-16(15-17)21(28)27-13-11-26(12-14-27)20-9-8-19(24-25-20)23-18-7-2-3-10-22-18/h2-10,15H,11-14H2,1H3,(H,22,23,24). The van der Waals surface area contributed by atoms with E-state index in [0.29, 0.717) is 43.3 Å². The molecule has 1 N–H and O–H groups in total. The van der Waals surface area contributed by atoms with Gasteiger partial charge in [0.1, 0.15) is 11.6 Å². The van der Waals surface area contributed by atoms with E-state index in [9.17, 15) is 4.79 Å². The van der Waals surface area contributed by atoms with Crippen molar-refractivity contribution in [2.75, 3.05) is 43.5 Å². The molecule has 29 heavy (non-hydrogen) atoms. The van der Waals surface area contributed by atoms with Crippen LogP contribution >= 0.6 is 0 Å². The second kappa shape index (κ2) is 8.55. The van der Waals surface area contributed by atoms with Crippen molar-refractivity contribution in [1.82, 2.24) is 20.1 Å². The number of anilines is 3. The number of hydrogen-bond acceptors (Lipinski definition) is 7. The maximum absolute atomic E-state index is 12.7. The van der Waals surface area contributed by atoms with Crippen molar-refractivity contribution < 1.29 is 9.53 Å². The molecule has 0 aliphatic carbocycles. The molecule has 1 aliphatic rings. The smallest absolute Gasteiger partial charge is 0.254 e. The molecule has 1 fully saturated rings. The van der Waals surface area contributed by atoms with Crippen molar-refractivity contribution in [1.29, 1.82) is 0 Å². The number of rotatable bonds is 5. The van der Waals surface area contributed by atoms with Gasteiger partial charge in [-0.3, -0.25) is 4.79 Å². The van der Waals surface area contributed by atoms with Gasteiger partial charge in [-0.1, -0.05) is 12.1 Å². The molecule has 8 nitrogen and oxygen atoms in total. The summed E-state index contributed by atoms with van der Waals surface area (Å²) in [4.78, 5) is 20.9. The number of methoxy groups -OCH3 is 1. The monoisotopic (exact) mass is 390 g/mol. The largest absolute Gasteiger partial charge is 0.497 e. The average molecular weight is 390 g/mol. The second-order valence-electron chi connectivity index (χ2n) is 6.63. The van der Waals surface area contributed by atoms with E-state index < -0.39 is 0 Å². The first-order chi connectivity index (χ1) is 14.2. The van der Waals surface area contributed by atoms with Crippen molar-refractivity contribution in [2.24, 2.45) is 0 Å². The fourth-order valence-corrected chi connectivity index (χ4v) is 3.21. The number of carbonyl (C=O) groups is 1. The lowest BCUT2D eigenvalue weighted by Crippen LogP contribution is -2.49. The van der Waals surface area contributed by atoms with Gasteiger partial charge in [-0.15, -0.1) is 10.2 Å². The minimum atomic E-state index is 0.0181. The summed E-state index contributed by atoms with van der Waals surface area (Å²) in [7, 11) is 1.60. The van der Waals surface area contributed by atoms with Gasteiger partial charge < -0.3 is 19.9 Å². The number of benzene rings is 1. The van der Waals surface area contributed by atoms with E-state index >= 15 is 0 Å². The number of nitrogens with one attached hydrogen (secondary N) is 1. The summed E-state index contributed by atoms with van der Waals surface area (Å²) in [5, 5.41) is 11.7. The Hall–Kier alpha value is -3.68. The Labute approximate surface area is 169 Å². The summed E-state index contributed by atoms with van der Waals surface area (Å²) in [6.45, 7) is 2.67. The van der Waals surface area contributed by atoms with Gasteiger partial charge in [0.05, 0.1) is 7.11 Å². The first-order valence-corrected chi connectivity index (χ1v) is 9.43. The maximum Gasteiger partial charge on any atom is 0.254 e. The van der Waals surface area contributed by atoms with Crippen LogP contribution in [0.15, 0.2) is 60.8 Å². The third-order valence-corrected chi connectivity index (χ3v) is 4.78. The Bertz CT molecular complexity index is 956. The van der Waals surface area contributed by atoms with Crippen LogP contribution in [0.2, 0.25) is 0 Å². The molecule has 148 valence electrons. The number of hydrogen-bond donors (Lipinski definition) is 1. The first-order valence-electron chi connectivity index (χ1n) is 9.43. The van der Waals surface area contributed by atoms with Crippen LogP contribution in [0.4, 0.5) is 17.5 Å². The van der Waals surface area contributed by atoms with Crippen molar-refractivity contribution in [2.45, 2.75) is 0 Å². The van der Waals surface area contributed by atoms with Gasteiger partial charge in [-0.2, -0.15) is 0 Å². The van der Waals surface area contributed by atoms with Crippen LogP contribution in [-0.4, -0.2) is 59.3 Å². The quantitative estimate of drug-likeness (QED) is 0.717. The van der Waals surface area contributed by atoms with Gasteiger partial charge in [0.25, 0.3) is 5.91 Å². The van der Waals surface area contributed by atoms with Gasteiger partial charge in [-0.05, 0) is 42.5 Å². The van der Waals surface area contributed by atoms with Crippen molar-refractivity contribution >= 4 is 23.4 Å². The lowest BCUT2D eigenvalue weighted by Gasteiger charge is -2.35. The zero-order valence-corrected chi connectivity index (χ0v) is 16.2. The molecule has 0 unspecified atom stereocenters. The second-order valence-corrected chi connectivity index (χ2v) is 6.63. The molecule has 3 heterocycles. The highest BCUT2D eigenvalue weighted by molar-refractivity contribution is 5.94. The van der Waals surface area contributed by atoms with E-state index in [-0.39, 0.29) is 5.91 Å². The third kappa shape index (κ3) is 4.43. The van der Waals surface area contributed by atoms with E-state index in [1.54, 1.807) is 19.4 Å². The van der Waals surface area contributed by atoms with Gasteiger partial charge in [0.15, 0.2) is 11.6 Å². The predicted molar refractivity (Wildman–Crippen MR) is 111 cm³/mol. The van der Waals surface area contributed by atoms with Gasteiger partial charge in [0.2, 0.25) is 0 Å². The molecule has 0 saturated carbocycles. The fraction of sp³-hybridized carbons (Fsp3) is 0.238. The van der Waals surface area contributed by atoms with E-state index in [2.05, 4.69) is 25.4 Å². The summed E-state index contributed by atoms with van der Waals surface area (Å²) < 4.78 is 5.21. The highest BCUT2D eigenvalue weighted by Gasteiger charge is 2.23. The van der Waals surface area contributed by atoms with E-state index in [0.717, 1.165) is 11.6 Å². The Morgan fingerprint density at radius 3 is 2.52 bits per heavy atom. The lowest BCUT2D eigenvalue weighted by molar-refractivity contribution is 0.0746. The Kier molecular flexibility index (Phi) is 5.51. The molecular formula is C21H22N6O2. The highest BCUT2D eigenvalue weighted by Crippen LogP contribution is 2.19. The molecule has 4 rings (SSSR count). The van der Waals surface area contributed by atoms with Crippen LogP contribution in [0.5, 0.6) is 5.75 Å². The molecule has 2 aromatic heterocycles. The predicted octanol–water partition coefficient (Wildman–Crippen LogP) is 2.59. The fourth-order valence-electron chi connectivity index (χ4n) is 3.21. The molecule has 3 aromatic rings. The number of pyridine rings is 1. The highest BCUT2D eigenvalue weighted by atomic mass is 16.5. The Morgan fingerprint density at radius 1 is 0.966 bits per heavy atom. The molecule has 0 radical (unpaired) electrons. The average Bonchev–Trinajstić information content (AvgIpc) is 2.80. The third-order valence-electron chi connectivity index (χ3n) is 4.78. The van der Waals surface area contributed by atoms with Crippen LogP contribution in [-0.2, 0) is 0 Å². The van der Waals surface area contributed by atoms with Crippen LogP contribution < -0.4 is 15.0 Å². The SMILES string of the molecule is COc1cccc(C(=O)N2CCN(c3ccc(Nc4ccccn4)nn3)CC2)c1.